The summed E-state index contributed by atoms with van der Waals surface area (Å²) in [7, 11) is 1.61. The molecule has 0 radical (unpaired) electrons. The predicted molar refractivity (Wildman–Crippen MR) is 72.3 cm³/mol. The molecular formula is C12H11Cl2N3O. The first-order valence-electron chi connectivity index (χ1n) is 5.21. The van der Waals surface area contributed by atoms with Gasteiger partial charge in [0.25, 0.3) is 0 Å². The Morgan fingerprint density at radius 2 is 1.78 bits per heavy atom. The Balaban J connectivity index is 2.40. The molecule has 0 bridgehead atoms. The van der Waals surface area contributed by atoms with E-state index >= 15 is 0 Å². The number of hydrogen-bond donors (Lipinski definition) is 1. The van der Waals surface area contributed by atoms with Gasteiger partial charge in [-0.1, -0.05) is 41.4 Å². The highest BCUT2D eigenvalue weighted by molar-refractivity contribution is 6.34. The van der Waals surface area contributed by atoms with Crippen LogP contribution in [0.2, 0.25) is 10.3 Å². The van der Waals surface area contributed by atoms with Gasteiger partial charge in [0.05, 0.1) is 7.11 Å². The number of hydrogen-bond acceptors (Lipinski definition) is 4. The molecule has 0 saturated carbocycles. The maximum Gasteiger partial charge on any atom is 0.222 e. The fourth-order valence-electron chi connectivity index (χ4n) is 1.63. The van der Waals surface area contributed by atoms with E-state index < -0.39 is 0 Å². The van der Waals surface area contributed by atoms with Crippen molar-refractivity contribution < 1.29 is 4.74 Å². The van der Waals surface area contributed by atoms with Crippen molar-refractivity contribution in [3.63, 3.8) is 0 Å². The van der Waals surface area contributed by atoms with Crippen LogP contribution in [0.15, 0.2) is 24.3 Å². The third-order valence-corrected chi connectivity index (χ3v) is 3.11. The standard InChI is InChI=1S/C12H11Cl2N3O/c1-18-9-5-3-2-4-7(9)6-8-10(13)16-12(15)17-11(8)14/h2-5H,6H2,1H3,(H2,15,16,17). The normalized spacial score (nSPS) is 10.4. The summed E-state index contributed by atoms with van der Waals surface area (Å²) in [5.41, 5.74) is 7.05. The molecule has 0 aliphatic carbocycles. The number of ether oxygens (including phenoxy) is 1. The molecule has 0 aliphatic heterocycles. The first kappa shape index (κ1) is 12.9. The molecule has 0 atom stereocenters. The third kappa shape index (κ3) is 2.66. The van der Waals surface area contributed by atoms with Crippen LogP contribution in [0.25, 0.3) is 0 Å². The van der Waals surface area contributed by atoms with E-state index in [1.807, 2.05) is 24.3 Å². The smallest absolute Gasteiger partial charge is 0.222 e. The van der Waals surface area contributed by atoms with Crippen LogP contribution >= 0.6 is 23.2 Å². The van der Waals surface area contributed by atoms with E-state index in [2.05, 4.69) is 9.97 Å². The molecule has 6 heteroatoms. The minimum Gasteiger partial charge on any atom is -0.496 e. The molecule has 0 amide bonds. The van der Waals surface area contributed by atoms with Crippen molar-refractivity contribution in [2.75, 3.05) is 12.8 Å². The van der Waals surface area contributed by atoms with Crippen LogP contribution in [0.4, 0.5) is 5.95 Å². The number of benzene rings is 1. The first-order chi connectivity index (χ1) is 8.61. The van der Waals surface area contributed by atoms with Crippen LogP contribution in [0.1, 0.15) is 11.1 Å². The van der Waals surface area contributed by atoms with Gasteiger partial charge in [-0.2, -0.15) is 0 Å². The third-order valence-electron chi connectivity index (χ3n) is 2.48. The lowest BCUT2D eigenvalue weighted by atomic mass is 10.1. The number of aromatic nitrogens is 2. The highest BCUT2D eigenvalue weighted by atomic mass is 35.5. The monoisotopic (exact) mass is 283 g/mol. The summed E-state index contributed by atoms with van der Waals surface area (Å²) >= 11 is 12.0. The van der Waals surface area contributed by atoms with E-state index in [1.165, 1.54) is 0 Å². The Morgan fingerprint density at radius 1 is 1.17 bits per heavy atom. The Kier molecular flexibility index (Phi) is 3.89. The summed E-state index contributed by atoms with van der Waals surface area (Å²) in [5, 5.41) is 0.525. The Labute approximate surface area is 115 Å². The summed E-state index contributed by atoms with van der Waals surface area (Å²) in [6.45, 7) is 0. The van der Waals surface area contributed by atoms with Crippen LogP contribution < -0.4 is 10.5 Å². The summed E-state index contributed by atoms with van der Waals surface area (Å²) in [4.78, 5) is 7.79. The molecule has 2 N–H and O–H groups in total. The van der Waals surface area contributed by atoms with E-state index in [4.69, 9.17) is 33.7 Å². The molecule has 0 saturated heterocycles. The van der Waals surface area contributed by atoms with Crippen molar-refractivity contribution in [1.29, 1.82) is 0 Å². The van der Waals surface area contributed by atoms with Gasteiger partial charge in [0.15, 0.2) is 0 Å². The highest BCUT2D eigenvalue weighted by Crippen LogP contribution is 2.28. The number of nitrogens with zero attached hydrogens (tertiary/aromatic N) is 2. The number of halogens is 2. The zero-order chi connectivity index (χ0) is 13.1. The van der Waals surface area contributed by atoms with Crippen LogP contribution in [0.3, 0.4) is 0 Å². The topological polar surface area (TPSA) is 61.0 Å². The van der Waals surface area contributed by atoms with Gasteiger partial charge in [-0.05, 0) is 11.6 Å². The minimum absolute atomic E-state index is 0.0637. The highest BCUT2D eigenvalue weighted by Gasteiger charge is 2.13. The van der Waals surface area contributed by atoms with Gasteiger partial charge < -0.3 is 10.5 Å². The molecular weight excluding hydrogens is 273 g/mol. The summed E-state index contributed by atoms with van der Waals surface area (Å²) in [6, 6.07) is 7.61. The molecule has 2 aromatic rings. The molecule has 1 aromatic carbocycles. The summed E-state index contributed by atoms with van der Waals surface area (Å²) in [6.07, 6.45) is 0.488. The second kappa shape index (κ2) is 5.42. The molecule has 2 rings (SSSR count). The van der Waals surface area contributed by atoms with Gasteiger partial charge >= 0.3 is 0 Å². The lowest BCUT2D eigenvalue weighted by Crippen LogP contribution is -2.02. The predicted octanol–water partition coefficient (Wildman–Crippen LogP) is 2.97. The Bertz CT molecular complexity index is 552. The van der Waals surface area contributed by atoms with E-state index in [0.717, 1.165) is 11.3 Å². The summed E-state index contributed by atoms with van der Waals surface area (Å²) < 4.78 is 5.27. The van der Waals surface area contributed by atoms with Gasteiger partial charge in [-0.3, -0.25) is 0 Å². The van der Waals surface area contributed by atoms with E-state index in [9.17, 15) is 0 Å². The minimum atomic E-state index is 0.0637. The largest absolute Gasteiger partial charge is 0.496 e. The van der Waals surface area contributed by atoms with Crippen molar-refractivity contribution in [3.05, 3.63) is 45.7 Å². The van der Waals surface area contributed by atoms with Crippen LogP contribution in [0, 0.1) is 0 Å². The van der Waals surface area contributed by atoms with E-state index in [1.54, 1.807) is 7.11 Å². The second-order valence-electron chi connectivity index (χ2n) is 3.63. The molecule has 1 heterocycles. The summed E-state index contributed by atoms with van der Waals surface area (Å²) in [5.74, 6) is 0.829. The number of nitrogen functional groups attached to an aromatic ring is 1. The molecule has 0 fully saturated rings. The van der Waals surface area contributed by atoms with Crippen LogP contribution in [0.5, 0.6) is 5.75 Å². The average Bonchev–Trinajstić information content (AvgIpc) is 2.34. The van der Waals surface area contributed by atoms with Crippen molar-refractivity contribution in [2.24, 2.45) is 0 Å². The molecule has 4 nitrogen and oxygen atoms in total. The van der Waals surface area contributed by atoms with E-state index in [-0.39, 0.29) is 16.3 Å². The fraction of sp³-hybridized carbons (Fsp3) is 0.167. The zero-order valence-electron chi connectivity index (χ0n) is 9.65. The van der Waals surface area contributed by atoms with Gasteiger partial charge in [-0.25, -0.2) is 9.97 Å². The number of methoxy groups -OCH3 is 1. The van der Waals surface area contributed by atoms with Gasteiger partial charge in [0, 0.05) is 12.0 Å². The van der Waals surface area contributed by atoms with Crippen LogP contribution in [-0.2, 0) is 6.42 Å². The van der Waals surface area contributed by atoms with Gasteiger partial charge in [0.1, 0.15) is 16.1 Å². The first-order valence-corrected chi connectivity index (χ1v) is 5.96. The van der Waals surface area contributed by atoms with Crippen molar-refractivity contribution in [2.45, 2.75) is 6.42 Å². The lowest BCUT2D eigenvalue weighted by Gasteiger charge is -2.10. The molecule has 0 aliphatic rings. The molecule has 1 aromatic heterocycles. The molecule has 0 unspecified atom stereocenters. The SMILES string of the molecule is COc1ccccc1Cc1c(Cl)nc(N)nc1Cl. The number of rotatable bonds is 3. The maximum atomic E-state index is 6.02. The maximum absolute atomic E-state index is 6.02. The quantitative estimate of drug-likeness (QED) is 0.880. The zero-order valence-corrected chi connectivity index (χ0v) is 11.2. The number of nitrogens with two attached hydrogens (primary N) is 1. The second-order valence-corrected chi connectivity index (χ2v) is 4.35. The van der Waals surface area contributed by atoms with Crippen molar-refractivity contribution in [3.8, 4) is 5.75 Å². The van der Waals surface area contributed by atoms with E-state index in [0.29, 0.717) is 12.0 Å². The van der Waals surface area contributed by atoms with Crippen LogP contribution in [-0.4, -0.2) is 17.1 Å². The lowest BCUT2D eigenvalue weighted by molar-refractivity contribution is 0.410. The number of para-hydroxylation sites is 1. The van der Waals surface area contributed by atoms with Gasteiger partial charge in [0.2, 0.25) is 5.95 Å². The molecule has 94 valence electrons. The van der Waals surface area contributed by atoms with Gasteiger partial charge in [-0.15, -0.1) is 0 Å². The molecule has 18 heavy (non-hydrogen) atoms. The number of anilines is 1. The Hall–Kier alpha value is -1.52. The van der Waals surface area contributed by atoms with Crippen molar-refractivity contribution in [1.82, 2.24) is 9.97 Å². The Morgan fingerprint density at radius 3 is 2.39 bits per heavy atom. The van der Waals surface area contributed by atoms with Crippen molar-refractivity contribution >= 4 is 29.2 Å². The molecule has 0 spiro atoms. The fourth-order valence-corrected chi connectivity index (χ4v) is 2.17. The average molecular weight is 284 g/mol.